The summed E-state index contributed by atoms with van der Waals surface area (Å²) >= 11 is 6.33. The largest absolute Gasteiger partial charge is 0.507 e. The highest BCUT2D eigenvalue weighted by Crippen LogP contribution is 2.45. The Kier molecular flexibility index (Phi) is 8.78. The molecule has 1 aliphatic carbocycles. The summed E-state index contributed by atoms with van der Waals surface area (Å²) in [6.07, 6.45) is 14.9. The number of alkyl halides is 1. The van der Waals surface area contributed by atoms with Gasteiger partial charge >= 0.3 is 0 Å². The third-order valence-electron chi connectivity index (χ3n) is 9.59. The van der Waals surface area contributed by atoms with E-state index in [9.17, 15) is 14.7 Å². The number of phenolic OH excluding ortho intramolecular Hbond substituents is 1. The standard InChI is InChI=1S/C38H38ClN3O5/c1-46-34-18-30-31(40-22-27-17-25(24-9-4-5-10-24)14-15-41(27)38(30)45)19-35(34)47-16-8-2-3-13-36(44)42-23-26(21-39)37-29-12-7-6-11-28(29)33(43)20-32(37)42/h4,6-7,9-12,14,18-20,22,26-27,43H,2-3,5,8,13,15-17,21,23H2,1H3/t26-,27+/m1/s1. The van der Waals surface area contributed by atoms with E-state index in [0.29, 0.717) is 61.2 Å². The summed E-state index contributed by atoms with van der Waals surface area (Å²) in [5.74, 6) is 1.59. The second kappa shape index (κ2) is 13.3. The van der Waals surface area contributed by atoms with Crippen molar-refractivity contribution in [3.8, 4) is 17.2 Å². The number of carbonyl (C=O) groups excluding carboxylic acids is 2. The first-order chi connectivity index (χ1) is 23.0. The van der Waals surface area contributed by atoms with Gasteiger partial charge in [-0.25, -0.2) is 0 Å². The molecule has 0 saturated heterocycles. The van der Waals surface area contributed by atoms with Gasteiger partial charge in [-0.05, 0) is 60.3 Å². The van der Waals surface area contributed by atoms with Crippen LogP contribution in [0, 0.1) is 0 Å². The van der Waals surface area contributed by atoms with Crippen molar-refractivity contribution < 1.29 is 24.2 Å². The zero-order chi connectivity index (χ0) is 32.5. The van der Waals surface area contributed by atoms with Gasteiger partial charge in [0, 0.05) is 55.0 Å². The number of rotatable bonds is 10. The van der Waals surface area contributed by atoms with Gasteiger partial charge in [0.15, 0.2) is 11.5 Å². The number of hydrogen-bond acceptors (Lipinski definition) is 6. The second-order valence-corrected chi connectivity index (χ2v) is 12.8. The van der Waals surface area contributed by atoms with E-state index in [1.165, 1.54) is 11.1 Å². The van der Waals surface area contributed by atoms with Crippen LogP contribution in [0.4, 0.5) is 11.4 Å². The quantitative estimate of drug-likeness (QED) is 0.180. The third kappa shape index (κ3) is 5.91. The van der Waals surface area contributed by atoms with E-state index in [1.54, 1.807) is 30.2 Å². The van der Waals surface area contributed by atoms with Crippen molar-refractivity contribution in [3.05, 3.63) is 89.0 Å². The topological polar surface area (TPSA) is 91.7 Å². The lowest BCUT2D eigenvalue weighted by molar-refractivity contribution is -0.118. The van der Waals surface area contributed by atoms with Crippen molar-refractivity contribution in [3.63, 3.8) is 0 Å². The van der Waals surface area contributed by atoms with Gasteiger partial charge in [0.05, 0.1) is 36.7 Å². The zero-order valence-electron chi connectivity index (χ0n) is 26.5. The summed E-state index contributed by atoms with van der Waals surface area (Å²) in [7, 11) is 1.57. The maximum Gasteiger partial charge on any atom is 0.257 e. The lowest BCUT2D eigenvalue weighted by Crippen LogP contribution is -2.43. The lowest BCUT2D eigenvalue weighted by atomic mass is 9.94. The number of hydrogen-bond donors (Lipinski definition) is 1. The Morgan fingerprint density at radius 2 is 1.94 bits per heavy atom. The Bertz CT molecular complexity index is 1860. The number of aliphatic imine (C=N–C) groups is 1. The van der Waals surface area contributed by atoms with Crippen molar-refractivity contribution in [2.24, 2.45) is 4.99 Å². The van der Waals surface area contributed by atoms with E-state index in [-0.39, 0.29) is 29.5 Å². The number of phenols is 1. The van der Waals surface area contributed by atoms with E-state index in [0.717, 1.165) is 47.7 Å². The molecular weight excluding hydrogens is 614 g/mol. The number of nitrogens with zero attached hydrogens (tertiary/aromatic N) is 3. The van der Waals surface area contributed by atoms with Crippen LogP contribution >= 0.6 is 11.6 Å². The fourth-order valence-corrected chi connectivity index (χ4v) is 7.39. The Morgan fingerprint density at radius 1 is 1.09 bits per heavy atom. The third-order valence-corrected chi connectivity index (χ3v) is 9.96. The molecule has 0 radical (unpaired) electrons. The normalized spacial score (nSPS) is 19.7. The van der Waals surface area contributed by atoms with E-state index >= 15 is 0 Å². The molecule has 3 aromatic rings. The molecule has 0 bridgehead atoms. The molecule has 9 heteroatoms. The number of aromatic hydroxyl groups is 1. The molecule has 2 amide bonds. The van der Waals surface area contributed by atoms with Gasteiger partial charge < -0.3 is 24.4 Å². The summed E-state index contributed by atoms with van der Waals surface area (Å²) in [4.78, 5) is 35.3. The summed E-state index contributed by atoms with van der Waals surface area (Å²) in [6.45, 7) is 1.49. The summed E-state index contributed by atoms with van der Waals surface area (Å²) < 4.78 is 11.7. The minimum Gasteiger partial charge on any atom is -0.507 e. The van der Waals surface area contributed by atoms with Crippen LogP contribution in [0.5, 0.6) is 17.2 Å². The number of carbonyl (C=O) groups is 2. The molecule has 0 saturated carbocycles. The molecule has 242 valence electrons. The average Bonchev–Trinajstić information content (AvgIpc) is 3.74. The number of halogens is 1. The fraction of sp³-hybridized carbons (Fsp3) is 0.342. The maximum atomic E-state index is 13.6. The number of ether oxygens (including phenoxy) is 2. The highest BCUT2D eigenvalue weighted by atomic mass is 35.5. The number of methoxy groups -OCH3 is 1. The molecule has 0 spiro atoms. The number of anilines is 1. The van der Waals surface area contributed by atoms with Gasteiger partial charge in [0.25, 0.3) is 5.91 Å². The molecule has 3 aliphatic heterocycles. The Balaban J connectivity index is 0.951. The molecule has 1 N–H and O–H groups in total. The highest BCUT2D eigenvalue weighted by Gasteiger charge is 2.35. The van der Waals surface area contributed by atoms with Crippen molar-refractivity contribution in [2.75, 3.05) is 37.6 Å². The molecule has 0 aromatic heterocycles. The monoisotopic (exact) mass is 651 g/mol. The number of unbranched alkanes of at least 4 members (excludes halogenated alkanes) is 2. The second-order valence-electron chi connectivity index (χ2n) is 12.4. The van der Waals surface area contributed by atoms with Crippen molar-refractivity contribution in [2.45, 2.75) is 50.5 Å². The minimum absolute atomic E-state index is 0.0208. The zero-order valence-corrected chi connectivity index (χ0v) is 27.2. The molecule has 47 heavy (non-hydrogen) atoms. The molecule has 2 atom stereocenters. The van der Waals surface area contributed by atoms with Gasteiger partial charge in [-0.1, -0.05) is 48.6 Å². The molecule has 3 aromatic carbocycles. The van der Waals surface area contributed by atoms with E-state index in [4.69, 9.17) is 26.1 Å². The van der Waals surface area contributed by atoms with Gasteiger partial charge in [-0.2, -0.15) is 0 Å². The molecule has 0 unspecified atom stereocenters. The maximum absolute atomic E-state index is 13.6. The number of allylic oxidation sites excluding steroid dienone is 4. The van der Waals surface area contributed by atoms with Gasteiger partial charge in [-0.3, -0.25) is 14.6 Å². The number of benzene rings is 3. The Hall–Kier alpha value is -4.56. The Morgan fingerprint density at radius 3 is 2.72 bits per heavy atom. The van der Waals surface area contributed by atoms with Crippen molar-refractivity contribution in [1.29, 1.82) is 0 Å². The van der Waals surface area contributed by atoms with E-state index < -0.39 is 0 Å². The SMILES string of the molecule is COc1cc2c(cc1OCCCCCC(=O)N1C[C@@H](CCl)c3c1cc(O)c1ccccc31)N=C[C@@H]1CC(C3=CCC=C3)=CCN1C2=O. The predicted octanol–water partition coefficient (Wildman–Crippen LogP) is 7.61. The van der Waals surface area contributed by atoms with Crippen LogP contribution in [-0.4, -0.2) is 66.8 Å². The first-order valence-electron chi connectivity index (χ1n) is 16.3. The van der Waals surface area contributed by atoms with Crippen molar-refractivity contribution >= 4 is 51.8 Å². The number of fused-ring (bicyclic) bond motifs is 5. The van der Waals surface area contributed by atoms with Crippen LogP contribution in [0.15, 0.2) is 82.9 Å². The first-order valence-corrected chi connectivity index (χ1v) is 16.9. The van der Waals surface area contributed by atoms with E-state index in [1.807, 2.05) is 35.4 Å². The lowest BCUT2D eigenvalue weighted by Gasteiger charge is -2.32. The molecule has 8 nitrogen and oxygen atoms in total. The highest BCUT2D eigenvalue weighted by molar-refractivity contribution is 6.19. The van der Waals surface area contributed by atoms with Crippen LogP contribution in [0.3, 0.4) is 0 Å². The summed E-state index contributed by atoms with van der Waals surface area (Å²) in [5, 5.41) is 12.4. The smallest absolute Gasteiger partial charge is 0.257 e. The number of amides is 2. The van der Waals surface area contributed by atoms with Gasteiger partial charge in [0.1, 0.15) is 5.75 Å². The van der Waals surface area contributed by atoms with Crippen LogP contribution in [0.25, 0.3) is 10.8 Å². The fourth-order valence-electron chi connectivity index (χ4n) is 7.14. The first kappa shape index (κ1) is 31.1. The van der Waals surface area contributed by atoms with E-state index in [2.05, 4.69) is 24.3 Å². The molecule has 0 fully saturated rings. The van der Waals surface area contributed by atoms with Crippen LogP contribution < -0.4 is 14.4 Å². The molecule has 4 aliphatic rings. The molecular formula is C38H38ClN3O5. The summed E-state index contributed by atoms with van der Waals surface area (Å²) in [5.41, 5.74) is 5.37. The van der Waals surface area contributed by atoms with Crippen LogP contribution in [-0.2, 0) is 4.79 Å². The van der Waals surface area contributed by atoms with Crippen molar-refractivity contribution in [1.82, 2.24) is 4.90 Å². The van der Waals surface area contributed by atoms with Gasteiger partial charge in [-0.15, -0.1) is 11.6 Å². The van der Waals surface area contributed by atoms with Gasteiger partial charge in [0.2, 0.25) is 5.91 Å². The Labute approximate surface area is 279 Å². The predicted molar refractivity (Wildman–Crippen MR) is 186 cm³/mol. The van der Waals surface area contributed by atoms with Crippen LogP contribution in [0.2, 0.25) is 0 Å². The average molecular weight is 652 g/mol. The summed E-state index contributed by atoms with van der Waals surface area (Å²) in [6, 6.07) is 12.8. The molecule has 7 rings (SSSR count). The molecule has 3 heterocycles. The minimum atomic E-state index is -0.109. The van der Waals surface area contributed by atoms with Crippen LogP contribution in [0.1, 0.15) is 60.4 Å².